The Hall–Kier alpha value is -1.66. The van der Waals surface area contributed by atoms with E-state index in [1.165, 1.54) is 35.5 Å². The Morgan fingerprint density at radius 2 is 1.78 bits per heavy atom. The first-order valence-electron chi connectivity index (χ1n) is 10.2. The molecule has 1 saturated carbocycles. The molecule has 0 amide bonds. The van der Waals surface area contributed by atoms with Gasteiger partial charge in [-0.25, -0.2) is 13.4 Å². The van der Waals surface area contributed by atoms with Crippen LogP contribution in [0.3, 0.4) is 0 Å². The van der Waals surface area contributed by atoms with E-state index in [4.69, 9.17) is 0 Å². The predicted molar refractivity (Wildman–Crippen MR) is 104 cm³/mol. The molecular formula is C21H27N3O2S. The van der Waals surface area contributed by atoms with Crippen LogP contribution in [0.5, 0.6) is 0 Å². The topological polar surface area (TPSA) is 55.2 Å². The van der Waals surface area contributed by atoms with Gasteiger partial charge in [-0.05, 0) is 75.1 Å². The summed E-state index contributed by atoms with van der Waals surface area (Å²) < 4.78 is 30.3. The van der Waals surface area contributed by atoms with E-state index in [1.807, 2.05) is 18.3 Å². The maximum atomic E-state index is 13.1. The molecule has 1 aromatic carbocycles. The van der Waals surface area contributed by atoms with Crippen LogP contribution in [0.15, 0.2) is 29.3 Å². The fourth-order valence-electron chi connectivity index (χ4n) is 4.78. The second-order valence-corrected chi connectivity index (χ2v) is 10.3. The molecule has 1 aromatic heterocycles. The summed E-state index contributed by atoms with van der Waals surface area (Å²) in [5.74, 6) is 1.83. The standard InChI is InChI=1S/C21H27N3O2S/c1-15-14-22-21(17-5-6-17)24(15)19-9-11-23(12-10-19)27(25,26)20-8-7-16-3-2-4-18(16)13-20/h7-8,13-14,17,19H,2-6,9-12H2,1H3. The normalized spacial score (nSPS) is 21.5. The van der Waals surface area contributed by atoms with E-state index in [2.05, 4.69) is 16.5 Å². The smallest absolute Gasteiger partial charge is 0.243 e. The van der Waals surface area contributed by atoms with Gasteiger partial charge in [0.1, 0.15) is 5.82 Å². The van der Waals surface area contributed by atoms with Crippen LogP contribution in [0.1, 0.15) is 66.7 Å². The van der Waals surface area contributed by atoms with Crippen molar-refractivity contribution < 1.29 is 8.42 Å². The molecule has 0 N–H and O–H groups in total. The van der Waals surface area contributed by atoms with Gasteiger partial charge in [-0.1, -0.05) is 6.07 Å². The average molecular weight is 386 g/mol. The van der Waals surface area contributed by atoms with E-state index in [0.717, 1.165) is 32.1 Å². The van der Waals surface area contributed by atoms with E-state index in [0.29, 0.717) is 29.9 Å². The molecule has 0 bridgehead atoms. The molecule has 2 heterocycles. The quantitative estimate of drug-likeness (QED) is 0.808. The number of aryl methyl sites for hydroxylation is 3. The number of aromatic nitrogens is 2. The SMILES string of the molecule is Cc1cnc(C2CC2)n1C1CCN(S(=O)(=O)c2ccc3c(c2)CCC3)CC1. The molecule has 27 heavy (non-hydrogen) atoms. The Labute approximate surface area is 161 Å². The van der Waals surface area contributed by atoms with Crippen molar-refractivity contribution in [2.45, 2.75) is 68.7 Å². The summed E-state index contributed by atoms with van der Waals surface area (Å²) in [6.45, 7) is 3.30. The number of piperidine rings is 1. The van der Waals surface area contributed by atoms with Crippen molar-refractivity contribution in [3.05, 3.63) is 47.0 Å². The first-order chi connectivity index (χ1) is 13.0. The van der Waals surface area contributed by atoms with Crippen molar-refractivity contribution in [1.82, 2.24) is 13.9 Å². The van der Waals surface area contributed by atoms with Gasteiger partial charge in [0.05, 0.1) is 4.90 Å². The lowest BCUT2D eigenvalue weighted by atomic mass is 10.1. The monoisotopic (exact) mass is 385 g/mol. The van der Waals surface area contributed by atoms with Crippen LogP contribution < -0.4 is 0 Å². The lowest BCUT2D eigenvalue weighted by Crippen LogP contribution is -2.39. The summed E-state index contributed by atoms with van der Waals surface area (Å²) in [5, 5.41) is 0. The van der Waals surface area contributed by atoms with Gasteiger partial charge >= 0.3 is 0 Å². The second kappa shape index (κ2) is 6.45. The van der Waals surface area contributed by atoms with Crippen LogP contribution >= 0.6 is 0 Å². The third-order valence-electron chi connectivity index (χ3n) is 6.45. The maximum Gasteiger partial charge on any atom is 0.243 e. The first-order valence-corrected chi connectivity index (χ1v) is 11.6. The van der Waals surface area contributed by atoms with Crippen LogP contribution in [0.25, 0.3) is 0 Å². The summed E-state index contributed by atoms with van der Waals surface area (Å²) in [5.41, 5.74) is 3.74. The Morgan fingerprint density at radius 3 is 2.52 bits per heavy atom. The highest BCUT2D eigenvalue weighted by Crippen LogP contribution is 2.42. The van der Waals surface area contributed by atoms with Crippen molar-refractivity contribution in [2.24, 2.45) is 0 Å². The van der Waals surface area contributed by atoms with Crippen molar-refractivity contribution in [3.8, 4) is 0 Å². The Morgan fingerprint density at radius 1 is 1.04 bits per heavy atom. The third-order valence-corrected chi connectivity index (χ3v) is 8.34. The number of imidazole rings is 1. The number of hydrogen-bond donors (Lipinski definition) is 0. The van der Waals surface area contributed by atoms with Crippen LogP contribution in [-0.2, 0) is 22.9 Å². The summed E-state index contributed by atoms with van der Waals surface area (Å²) in [4.78, 5) is 5.10. The van der Waals surface area contributed by atoms with E-state index in [1.54, 1.807) is 10.4 Å². The summed E-state index contributed by atoms with van der Waals surface area (Å²) in [6.07, 6.45) is 9.39. The minimum atomic E-state index is -3.39. The fourth-order valence-corrected chi connectivity index (χ4v) is 6.30. The second-order valence-electron chi connectivity index (χ2n) is 8.32. The van der Waals surface area contributed by atoms with Gasteiger partial charge < -0.3 is 4.57 Å². The highest BCUT2D eigenvalue weighted by atomic mass is 32.2. The molecule has 5 rings (SSSR count). The highest BCUT2D eigenvalue weighted by molar-refractivity contribution is 7.89. The van der Waals surface area contributed by atoms with Gasteiger partial charge in [0.25, 0.3) is 0 Å². The Kier molecular flexibility index (Phi) is 4.17. The fraction of sp³-hybridized carbons (Fsp3) is 0.571. The molecule has 2 aromatic rings. The number of benzene rings is 1. The number of rotatable bonds is 4. The Balaban J connectivity index is 1.34. The van der Waals surface area contributed by atoms with Crippen LogP contribution in [0.2, 0.25) is 0 Å². The van der Waals surface area contributed by atoms with Gasteiger partial charge in [-0.3, -0.25) is 0 Å². The van der Waals surface area contributed by atoms with Gasteiger partial charge in [0.15, 0.2) is 0 Å². The molecule has 2 fully saturated rings. The zero-order valence-corrected chi connectivity index (χ0v) is 16.7. The maximum absolute atomic E-state index is 13.1. The van der Waals surface area contributed by atoms with Crippen molar-refractivity contribution in [1.29, 1.82) is 0 Å². The minimum Gasteiger partial charge on any atom is -0.329 e. The zero-order chi connectivity index (χ0) is 18.6. The number of sulfonamides is 1. The molecular weight excluding hydrogens is 358 g/mol. The van der Waals surface area contributed by atoms with Crippen molar-refractivity contribution in [2.75, 3.05) is 13.1 Å². The molecule has 0 unspecified atom stereocenters. The van der Waals surface area contributed by atoms with E-state index >= 15 is 0 Å². The molecule has 0 spiro atoms. The van der Waals surface area contributed by atoms with Gasteiger partial charge in [0.2, 0.25) is 10.0 Å². The molecule has 5 nitrogen and oxygen atoms in total. The molecule has 6 heteroatoms. The minimum absolute atomic E-state index is 0.370. The Bertz CT molecular complexity index is 967. The summed E-state index contributed by atoms with van der Waals surface area (Å²) in [6, 6.07) is 6.10. The van der Waals surface area contributed by atoms with Crippen molar-refractivity contribution in [3.63, 3.8) is 0 Å². The zero-order valence-electron chi connectivity index (χ0n) is 15.9. The molecule has 1 aliphatic heterocycles. The average Bonchev–Trinajstić information content (AvgIpc) is 3.28. The largest absolute Gasteiger partial charge is 0.329 e. The van der Waals surface area contributed by atoms with Gasteiger partial charge in [-0.2, -0.15) is 4.31 Å². The molecule has 0 radical (unpaired) electrons. The molecule has 3 aliphatic rings. The van der Waals surface area contributed by atoms with Crippen LogP contribution in [0, 0.1) is 6.92 Å². The molecule has 2 aliphatic carbocycles. The lowest BCUT2D eigenvalue weighted by molar-refractivity contribution is 0.268. The first kappa shape index (κ1) is 17.4. The predicted octanol–water partition coefficient (Wildman–Crippen LogP) is 3.58. The number of fused-ring (bicyclic) bond motifs is 1. The lowest BCUT2D eigenvalue weighted by Gasteiger charge is -2.33. The van der Waals surface area contributed by atoms with Gasteiger partial charge in [0, 0.05) is 36.9 Å². The summed E-state index contributed by atoms with van der Waals surface area (Å²) in [7, 11) is -3.39. The highest BCUT2D eigenvalue weighted by Gasteiger charge is 2.34. The van der Waals surface area contributed by atoms with Crippen LogP contribution in [-0.4, -0.2) is 35.4 Å². The van der Waals surface area contributed by atoms with E-state index in [9.17, 15) is 8.42 Å². The van der Waals surface area contributed by atoms with Crippen LogP contribution in [0.4, 0.5) is 0 Å². The molecule has 0 atom stereocenters. The van der Waals surface area contributed by atoms with Crippen molar-refractivity contribution >= 4 is 10.0 Å². The molecule has 1 saturated heterocycles. The van der Waals surface area contributed by atoms with E-state index in [-0.39, 0.29) is 0 Å². The molecule has 144 valence electrons. The number of nitrogens with zero attached hydrogens (tertiary/aromatic N) is 3. The third kappa shape index (κ3) is 3.03. The number of hydrogen-bond acceptors (Lipinski definition) is 3. The van der Waals surface area contributed by atoms with Gasteiger partial charge in [-0.15, -0.1) is 0 Å². The summed E-state index contributed by atoms with van der Waals surface area (Å²) >= 11 is 0. The van der Waals surface area contributed by atoms with E-state index < -0.39 is 10.0 Å².